The van der Waals surface area contributed by atoms with E-state index in [1.54, 1.807) is 0 Å². The summed E-state index contributed by atoms with van der Waals surface area (Å²) in [5.74, 6) is -0.357. The van der Waals surface area contributed by atoms with Crippen molar-refractivity contribution in [3.63, 3.8) is 0 Å². The molecule has 1 heterocycles. The molecule has 0 bridgehead atoms. The van der Waals surface area contributed by atoms with Crippen LogP contribution in [0, 0.1) is 28.4 Å². The molecular weight excluding hydrogens is 386 g/mol. The Bertz CT molecular complexity index is 1080. The summed E-state index contributed by atoms with van der Waals surface area (Å²) in [7, 11) is 0. The Hall–Kier alpha value is -3.25. The Labute approximate surface area is 164 Å². The van der Waals surface area contributed by atoms with Gasteiger partial charge in [0.05, 0.1) is 9.95 Å². The Kier molecular flexibility index (Phi) is 5.42. The van der Waals surface area contributed by atoms with E-state index in [2.05, 4.69) is 10.2 Å². The van der Waals surface area contributed by atoms with E-state index in [0.29, 0.717) is 0 Å². The number of aromatic nitrogens is 1. The first-order valence-electron chi connectivity index (χ1n) is 8.59. The van der Waals surface area contributed by atoms with Gasteiger partial charge in [0.2, 0.25) is 5.88 Å². The van der Waals surface area contributed by atoms with Crippen LogP contribution < -0.4 is 5.56 Å². The number of nitro groups is 1. The maximum atomic E-state index is 12.9. The quantitative estimate of drug-likeness (QED) is 0.445. The summed E-state index contributed by atoms with van der Waals surface area (Å²) in [4.78, 5) is 23.1. The minimum absolute atomic E-state index is 0.00556. The van der Waals surface area contributed by atoms with Crippen LogP contribution >= 0.6 is 11.6 Å². The van der Waals surface area contributed by atoms with E-state index in [1.807, 2.05) is 6.07 Å². The molecule has 0 aliphatic heterocycles. The zero-order chi connectivity index (χ0) is 20.4. The predicted octanol–water partition coefficient (Wildman–Crippen LogP) is 4.83. The van der Waals surface area contributed by atoms with Crippen LogP contribution in [0.1, 0.15) is 42.9 Å². The van der Waals surface area contributed by atoms with E-state index in [1.165, 1.54) is 23.6 Å². The van der Waals surface area contributed by atoms with E-state index in [0.717, 1.165) is 31.7 Å². The molecule has 1 aliphatic carbocycles. The van der Waals surface area contributed by atoms with Gasteiger partial charge >= 0.3 is 0 Å². The van der Waals surface area contributed by atoms with Gasteiger partial charge in [0.25, 0.3) is 11.2 Å². The maximum absolute atomic E-state index is 12.9. The van der Waals surface area contributed by atoms with Crippen LogP contribution in [0.5, 0.6) is 5.88 Å². The number of aromatic hydroxyl groups is 1. The second-order valence-corrected chi connectivity index (χ2v) is 6.90. The number of hydrogen-bond donors (Lipinski definition) is 1. The van der Waals surface area contributed by atoms with Crippen molar-refractivity contribution in [3.05, 3.63) is 54.8 Å². The average Bonchev–Trinajstić information content (AvgIpc) is 3.17. The van der Waals surface area contributed by atoms with Crippen molar-refractivity contribution < 1.29 is 10.0 Å². The summed E-state index contributed by atoms with van der Waals surface area (Å²) in [5.41, 5.74) is -0.486. The average molecular weight is 402 g/mol. The van der Waals surface area contributed by atoms with Gasteiger partial charge in [0, 0.05) is 23.7 Å². The molecule has 10 heteroatoms. The number of hydrogen-bond acceptors (Lipinski definition) is 7. The van der Waals surface area contributed by atoms with Gasteiger partial charge in [-0.25, -0.2) is 0 Å². The van der Waals surface area contributed by atoms with Gasteiger partial charge < -0.3 is 5.11 Å². The summed E-state index contributed by atoms with van der Waals surface area (Å²) in [6.45, 7) is 1.50. The number of non-ortho nitro benzene ring substituents is 1. The molecule has 9 nitrogen and oxygen atoms in total. The first kappa shape index (κ1) is 19.5. The highest BCUT2D eigenvalue weighted by Gasteiger charge is 2.26. The maximum Gasteiger partial charge on any atom is 0.281 e. The fourth-order valence-corrected chi connectivity index (χ4v) is 3.54. The molecule has 1 saturated carbocycles. The van der Waals surface area contributed by atoms with Crippen LogP contribution in [0.2, 0.25) is 5.02 Å². The molecule has 3 rings (SSSR count). The Morgan fingerprint density at radius 1 is 1.36 bits per heavy atom. The first-order valence-corrected chi connectivity index (χ1v) is 8.96. The van der Waals surface area contributed by atoms with Crippen molar-refractivity contribution in [1.29, 1.82) is 5.26 Å². The normalized spacial score (nSPS) is 14.5. The van der Waals surface area contributed by atoms with E-state index in [9.17, 15) is 25.3 Å². The van der Waals surface area contributed by atoms with Crippen LogP contribution in [0.4, 0.5) is 17.1 Å². The van der Waals surface area contributed by atoms with Gasteiger partial charge in [-0.05, 0) is 25.8 Å². The molecule has 0 amide bonds. The number of azo groups is 1. The zero-order valence-electron chi connectivity index (χ0n) is 14.9. The number of nitriles is 1. The number of nitro benzene ring substituents is 1. The highest BCUT2D eigenvalue weighted by molar-refractivity contribution is 6.33. The molecule has 0 saturated heterocycles. The number of halogens is 1. The van der Waals surface area contributed by atoms with Crippen molar-refractivity contribution in [2.24, 2.45) is 10.2 Å². The SMILES string of the molecule is Cc1c(C#N)c(O)n(C2CCCC2)c(=O)c1N=Nc1ccc([N+](=O)[O-])cc1Cl. The molecule has 1 aliphatic rings. The fraction of sp³-hybridized carbons (Fsp3) is 0.333. The van der Waals surface area contributed by atoms with E-state index in [-0.39, 0.29) is 45.1 Å². The van der Waals surface area contributed by atoms with Gasteiger partial charge in [-0.1, -0.05) is 24.4 Å². The number of pyridine rings is 1. The molecule has 1 aromatic heterocycles. The Morgan fingerprint density at radius 3 is 2.61 bits per heavy atom. The highest BCUT2D eigenvalue weighted by atomic mass is 35.5. The molecule has 0 spiro atoms. The number of benzene rings is 1. The summed E-state index contributed by atoms with van der Waals surface area (Å²) in [5, 5.41) is 38.5. The standard InChI is InChI=1S/C18H16ClN5O4/c1-10-13(9-20)17(25)23(11-4-2-3-5-11)18(26)16(10)22-21-15-7-6-12(24(27)28)8-14(15)19/h6-8,11,25H,2-5H2,1H3. The molecular formula is C18H16ClN5O4. The molecule has 0 atom stereocenters. The second-order valence-electron chi connectivity index (χ2n) is 6.49. The first-order chi connectivity index (χ1) is 13.3. The van der Waals surface area contributed by atoms with Crippen LogP contribution in [0.3, 0.4) is 0 Å². The smallest absolute Gasteiger partial charge is 0.281 e. The third-order valence-electron chi connectivity index (χ3n) is 4.80. The second kappa shape index (κ2) is 7.78. The molecule has 144 valence electrons. The molecule has 1 fully saturated rings. The predicted molar refractivity (Wildman–Crippen MR) is 102 cm³/mol. The molecule has 0 unspecified atom stereocenters. The van der Waals surface area contributed by atoms with Gasteiger partial charge in [-0.3, -0.25) is 19.5 Å². The van der Waals surface area contributed by atoms with Gasteiger partial charge in [0.1, 0.15) is 17.3 Å². The lowest BCUT2D eigenvalue weighted by Crippen LogP contribution is -2.24. The van der Waals surface area contributed by atoms with Crippen molar-refractivity contribution >= 4 is 28.7 Å². The summed E-state index contributed by atoms with van der Waals surface area (Å²) >= 11 is 6.00. The van der Waals surface area contributed by atoms with Crippen LogP contribution in [-0.2, 0) is 0 Å². The van der Waals surface area contributed by atoms with Gasteiger partial charge in [-0.15, -0.1) is 10.2 Å². The highest BCUT2D eigenvalue weighted by Crippen LogP contribution is 2.36. The third kappa shape index (κ3) is 3.46. The van der Waals surface area contributed by atoms with E-state index < -0.39 is 10.5 Å². The molecule has 1 aromatic carbocycles. The third-order valence-corrected chi connectivity index (χ3v) is 5.11. The lowest BCUT2D eigenvalue weighted by molar-refractivity contribution is -0.384. The van der Waals surface area contributed by atoms with Gasteiger partial charge in [0.15, 0.2) is 5.69 Å². The summed E-state index contributed by atoms with van der Waals surface area (Å²) < 4.78 is 1.21. The van der Waals surface area contributed by atoms with Crippen molar-refractivity contribution in [1.82, 2.24) is 4.57 Å². The van der Waals surface area contributed by atoms with Crippen molar-refractivity contribution in [3.8, 4) is 11.9 Å². The Balaban J connectivity index is 2.10. The van der Waals surface area contributed by atoms with Crippen LogP contribution in [0.15, 0.2) is 33.2 Å². The van der Waals surface area contributed by atoms with Crippen molar-refractivity contribution in [2.75, 3.05) is 0 Å². The fourth-order valence-electron chi connectivity index (χ4n) is 3.32. The minimum Gasteiger partial charge on any atom is -0.493 e. The summed E-state index contributed by atoms with van der Waals surface area (Å²) in [6.07, 6.45) is 3.32. The Morgan fingerprint density at radius 2 is 2.04 bits per heavy atom. The lowest BCUT2D eigenvalue weighted by atomic mass is 10.1. The molecule has 0 radical (unpaired) electrons. The minimum atomic E-state index is -0.587. The van der Waals surface area contributed by atoms with Crippen LogP contribution in [-0.4, -0.2) is 14.6 Å². The van der Waals surface area contributed by atoms with E-state index >= 15 is 0 Å². The van der Waals surface area contributed by atoms with Crippen LogP contribution in [0.25, 0.3) is 0 Å². The molecule has 28 heavy (non-hydrogen) atoms. The van der Waals surface area contributed by atoms with Gasteiger partial charge in [-0.2, -0.15) is 5.26 Å². The lowest BCUT2D eigenvalue weighted by Gasteiger charge is -2.18. The monoisotopic (exact) mass is 401 g/mol. The van der Waals surface area contributed by atoms with Crippen molar-refractivity contribution in [2.45, 2.75) is 38.6 Å². The largest absolute Gasteiger partial charge is 0.493 e. The molecule has 2 aromatic rings. The zero-order valence-corrected chi connectivity index (χ0v) is 15.7. The number of nitrogens with zero attached hydrogens (tertiary/aromatic N) is 5. The summed E-state index contributed by atoms with van der Waals surface area (Å²) in [6, 6.07) is 5.39. The molecule has 1 N–H and O–H groups in total. The topological polar surface area (TPSA) is 134 Å². The van der Waals surface area contributed by atoms with E-state index in [4.69, 9.17) is 11.6 Å². The number of rotatable bonds is 4.